The highest BCUT2D eigenvalue weighted by Crippen LogP contribution is 2.19. The Labute approximate surface area is 167 Å². The predicted molar refractivity (Wildman–Crippen MR) is 109 cm³/mol. The Morgan fingerprint density at radius 3 is 2.52 bits per heavy atom. The molecule has 27 heavy (non-hydrogen) atoms. The van der Waals surface area contributed by atoms with Gasteiger partial charge in [-0.05, 0) is 54.1 Å². The molecule has 0 saturated heterocycles. The number of rotatable bonds is 6. The monoisotopic (exact) mass is 398 g/mol. The molecule has 0 radical (unpaired) electrons. The Balaban J connectivity index is 1.64. The maximum atomic E-state index is 12.1. The van der Waals surface area contributed by atoms with Crippen molar-refractivity contribution in [2.75, 3.05) is 0 Å². The van der Waals surface area contributed by atoms with Gasteiger partial charge in [-0.3, -0.25) is 4.79 Å². The summed E-state index contributed by atoms with van der Waals surface area (Å²) >= 11 is 11.8. The molecule has 0 aliphatic rings. The van der Waals surface area contributed by atoms with Gasteiger partial charge in [0, 0.05) is 21.2 Å². The molecule has 0 unspecified atom stereocenters. The minimum Gasteiger partial charge on any atom is -0.488 e. The van der Waals surface area contributed by atoms with E-state index in [1.165, 1.54) is 0 Å². The summed E-state index contributed by atoms with van der Waals surface area (Å²) in [6.45, 7) is 0.378. The van der Waals surface area contributed by atoms with Crippen LogP contribution in [0, 0.1) is 0 Å². The van der Waals surface area contributed by atoms with Gasteiger partial charge in [0.2, 0.25) is 0 Å². The molecule has 0 fully saturated rings. The third kappa shape index (κ3) is 5.58. The van der Waals surface area contributed by atoms with Gasteiger partial charge in [-0.25, -0.2) is 5.43 Å². The van der Waals surface area contributed by atoms with Gasteiger partial charge in [0.25, 0.3) is 5.91 Å². The van der Waals surface area contributed by atoms with E-state index >= 15 is 0 Å². The van der Waals surface area contributed by atoms with Gasteiger partial charge in [-0.2, -0.15) is 5.10 Å². The van der Waals surface area contributed by atoms with Crippen LogP contribution in [-0.2, 0) is 6.61 Å². The number of halogens is 2. The summed E-state index contributed by atoms with van der Waals surface area (Å²) in [6.07, 6.45) is 1.54. The van der Waals surface area contributed by atoms with Crippen molar-refractivity contribution >= 4 is 35.3 Å². The Morgan fingerprint density at radius 2 is 1.74 bits per heavy atom. The van der Waals surface area contributed by atoms with Crippen LogP contribution in [0.15, 0.2) is 77.9 Å². The van der Waals surface area contributed by atoms with Crippen LogP contribution in [0.1, 0.15) is 21.5 Å². The number of nitrogens with one attached hydrogen (secondary N) is 1. The largest absolute Gasteiger partial charge is 0.488 e. The van der Waals surface area contributed by atoms with Crippen LogP contribution in [0.4, 0.5) is 0 Å². The Kier molecular flexibility index (Phi) is 6.47. The zero-order valence-electron chi connectivity index (χ0n) is 14.2. The Bertz CT molecular complexity index is 956. The molecule has 0 aliphatic carbocycles. The summed E-state index contributed by atoms with van der Waals surface area (Å²) in [4.78, 5) is 12.1. The van der Waals surface area contributed by atoms with Gasteiger partial charge in [0.1, 0.15) is 12.4 Å². The number of carbonyl (C=O) groups is 1. The highest BCUT2D eigenvalue weighted by atomic mass is 35.5. The third-order valence-electron chi connectivity index (χ3n) is 3.68. The molecule has 3 rings (SSSR count). The second-order valence-corrected chi connectivity index (χ2v) is 6.54. The molecule has 0 saturated carbocycles. The first kappa shape index (κ1) is 19.0. The first-order valence-electron chi connectivity index (χ1n) is 8.17. The Morgan fingerprint density at radius 1 is 0.963 bits per heavy atom. The molecule has 4 nitrogen and oxygen atoms in total. The molecule has 0 aliphatic heterocycles. The molecule has 3 aromatic carbocycles. The molecule has 0 bridgehead atoms. The van der Waals surface area contributed by atoms with Gasteiger partial charge in [-0.1, -0.05) is 47.5 Å². The number of hydrogen-bond acceptors (Lipinski definition) is 3. The van der Waals surface area contributed by atoms with Crippen molar-refractivity contribution in [2.45, 2.75) is 6.61 Å². The standard InChI is InChI=1S/C21H16Cl2N2O2/c22-18-10-8-16(9-11-18)21(26)25-24-13-17-5-1-2-7-20(17)27-14-15-4-3-6-19(23)12-15/h1-13H,14H2,(H,25,26)/b24-13+. The molecule has 0 aromatic heterocycles. The summed E-state index contributed by atoms with van der Waals surface area (Å²) in [5.41, 5.74) is 4.67. The first-order chi connectivity index (χ1) is 13.1. The van der Waals surface area contributed by atoms with Crippen molar-refractivity contribution in [3.8, 4) is 5.75 Å². The van der Waals surface area contributed by atoms with Gasteiger partial charge >= 0.3 is 0 Å². The molecule has 0 heterocycles. The second-order valence-electron chi connectivity index (χ2n) is 5.66. The normalized spacial score (nSPS) is 10.7. The van der Waals surface area contributed by atoms with Crippen LogP contribution in [0.5, 0.6) is 5.75 Å². The highest BCUT2D eigenvalue weighted by Gasteiger charge is 2.05. The van der Waals surface area contributed by atoms with E-state index < -0.39 is 0 Å². The molecule has 6 heteroatoms. The van der Waals surface area contributed by atoms with Crippen LogP contribution in [0.2, 0.25) is 10.0 Å². The number of hydrazone groups is 1. The average molecular weight is 399 g/mol. The molecular weight excluding hydrogens is 383 g/mol. The second kappa shape index (κ2) is 9.21. The van der Waals surface area contributed by atoms with Gasteiger partial charge in [0.15, 0.2) is 0 Å². The molecule has 0 atom stereocenters. The van der Waals surface area contributed by atoms with E-state index in [-0.39, 0.29) is 5.91 Å². The fourth-order valence-electron chi connectivity index (χ4n) is 2.33. The van der Waals surface area contributed by atoms with E-state index in [9.17, 15) is 4.79 Å². The molecule has 1 amide bonds. The van der Waals surface area contributed by atoms with Gasteiger partial charge < -0.3 is 4.74 Å². The van der Waals surface area contributed by atoms with Crippen molar-refractivity contribution in [3.05, 3.63) is 99.5 Å². The lowest BCUT2D eigenvalue weighted by atomic mass is 10.2. The molecular formula is C21H16Cl2N2O2. The van der Waals surface area contributed by atoms with Gasteiger partial charge in [0.05, 0.1) is 6.21 Å². The van der Waals surface area contributed by atoms with E-state index in [1.54, 1.807) is 30.5 Å². The van der Waals surface area contributed by atoms with Crippen molar-refractivity contribution < 1.29 is 9.53 Å². The third-order valence-corrected chi connectivity index (χ3v) is 4.17. The average Bonchev–Trinajstić information content (AvgIpc) is 2.68. The quantitative estimate of drug-likeness (QED) is 0.450. The van der Waals surface area contributed by atoms with Crippen molar-refractivity contribution in [1.29, 1.82) is 0 Å². The van der Waals surface area contributed by atoms with Gasteiger partial charge in [-0.15, -0.1) is 0 Å². The van der Waals surface area contributed by atoms with E-state index in [0.29, 0.717) is 28.0 Å². The lowest BCUT2D eigenvalue weighted by Gasteiger charge is -2.09. The summed E-state index contributed by atoms with van der Waals surface area (Å²) in [5.74, 6) is 0.335. The lowest BCUT2D eigenvalue weighted by molar-refractivity contribution is 0.0955. The number of para-hydroxylation sites is 1. The highest BCUT2D eigenvalue weighted by molar-refractivity contribution is 6.30. The van der Waals surface area contributed by atoms with E-state index in [2.05, 4.69) is 10.5 Å². The van der Waals surface area contributed by atoms with Crippen LogP contribution < -0.4 is 10.2 Å². The summed E-state index contributed by atoms with van der Waals surface area (Å²) in [6, 6.07) is 21.5. The SMILES string of the molecule is O=C(N/N=C/c1ccccc1OCc1cccc(Cl)c1)c1ccc(Cl)cc1. The minimum atomic E-state index is -0.319. The number of amides is 1. The number of carbonyl (C=O) groups excluding carboxylic acids is 1. The number of ether oxygens (including phenoxy) is 1. The fourth-order valence-corrected chi connectivity index (χ4v) is 2.67. The lowest BCUT2D eigenvalue weighted by Crippen LogP contribution is -2.17. The fraction of sp³-hybridized carbons (Fsp3) is 0.0476. The smallest absolute Gasteiger partial charge is 0.271 e. The summed E-state index contributed by atoms with van der Waals surface area (Å²) in [5, 5.41) is 5.24. The van der Waals surface area contributed by atoms with E-state index in [0.717, 1.165) is 11.1 Å². The van der Waals surface area contributed by atoms with Crippen LogP contribution in [0.25, 0.3) is 0 Å². The predicted octanol–water partition coefficient (Wildman–Crippen LogP) is 5.34. The zero-order chi connectivity index (χ0) is 19.1. The number of benzene rings is 3. The molecule has 0 spiro atoms. The van der Waals surface area contributed by atoms with Crippen LogP contribution in [0.3, 0.4) is 0 Å². The summed E-state index contributed by atoms with van der Waals surface area (Å²) in [7, 11) is 0. The zero-order valence-corrected chi connectivity index (χ0v) is 15.7. The van der Waals surface area contributed by atoms with E-state index in [1.807, 2.05) is 48.5 Å². The topological polar surface area (TPSA) is 50.7 Å². The Hall–Kier alpha value is -2.82. The molecule has 136 valence electrons. The maximum absolute atomic E-state index is 12.1. The number of nitrogens with zero attached hydrogens (tertiary/aromatic N) is 1. The molecule has 3 aromatic rings. The van der Waals surface area contributed by atoms with Crippen molar-refractivity contribution in [2.24, 2.45) is 5.10 Å². The minimum absolute atomic E-state index is 0.319. The number of hydrogen-bond donors (Lipinski definition) is 1. The van der Waals surface area contributed by atoms with E-state index in [4.69, 9.17) is 27.9 Å². The molecule has 1 N–H and O–H groups in total. The van der Waals surface area contributed by atoms with Crippen molar-refractivity contribution in [1.82, 2.24) is 5.43 Å². The maximum Gasteiger partial charge on any atom is 0.271 e. The van der Waals surface area contributed by atoms with Crippen molar-refractivity contribution in [3.63, 3.8) is 0 Å². The van der Waals surface area contributed by atoms with Crippen LogP contribution >= 0.6 is 23.2 Å². The first-order valence-corrected chi connectivity index (χ1v) is 8.92. The summed E-state index contributed by atoms with van der Waals surface area (Å²) < 4.78 is 5.86. The van der Waals surface area contributed by atoms with Crippen LogP contribution in [-0.4, -0.2) is 12.1 Å².